The summed E-state index contributed by atoms with van der Waals surface area (Å²) < 4.78 is 7.86. The Morgan fingerprint density at radius 2 is 1.76 bits per heavy atom. The Morgan fingerprint density at radius 1 is 1.05 bits per heavy atom. The Morgan fingerprint density at radius 3 is 2.45 bits per heavy atom. The van der Waals surface area contributed by atoms with Gasteiger partial charge in [0.05, 0.1) is 16.8 Å². The van der Waals surface area contributed by atoms with Crippen molar-refractivity contribution in [3.05, 3.63) is 99.8 Å². The molecule has 4 aromatic rings. The number of carbonyl (C=O) groups is 1. The van der Waals surface area contributed by atoms with Crippen molar-refractivity contribution < 1.29 is 14.6 Å². The number of hydrogen-bond acceptors (Lipinski definition) is 5. The number of hydrazine groups is 1. The molecule has 38 heavy (non-hydrogen) atoms. The van der Waals surface area contributed by atoms with E-state index in [0.29, 0.717) is 65.4 Å². The molecule has 0 spiro atoms. The van der Waals surface area contributed by atoms with Gasteiger partial charge >= 0.3 is 0 Å². The number of nitrogens with zero attached hydrogens (tertiary/aromatic N) is 3. The molecule has 2 heterocycles. The zero-order valence-electron chi connectivity index (χ0n) is 20.9. The molecule has 1 aromatic heterocycles. The van der Waals surface area contributed by atoms with Crippen LogP contribution in [0.2, 0.25) is 10.0 Å². The number of imidazole rings is 1. The van der Waals surface area contributed by atoms with E-state index in [4.69, 9.17) is 32.9 Å². The molecular weight excluding hydrogens is 523 g/mol. The van der Waals surface area contributed by atoms with Gasteiger partial charge in [0.25, 0.3) is 5.91 Å². The number of rotatable bonds is 7. The SMILES string of the molecule is Cc1c(C(=O)NN2CCC(O)CC2)nc(-c2ccc(Cl)cc2Cl)n1-c1ccc(OCc2ccccc2)cc1. The molecule has 1 fully saturated rings. The molecule has 0 aliphatic carbocycles. The zero-order valence-corrected chi connectivity index (χ0v) is 22.4. The second kappa shape index (κ2) is 11.6. The summed E-state index contributed by atoms with van der Waals surface area (Å²) in [7, 11) is 0. The van der Waals surface area contributed by atoms with Crippen molar-refractivity contribution in [1.82, 2.24) is 20.0 Å². The van der Waals surface area contributed by atoms with E-state index in [1.54, 1.807) is 18.2 Å². The average Bonchev–Trinajstić information content (AvgIpc) is 3.26. The number of benzene rings is 3. The van der Waals surface area contributed by atoms with Gasteiger partial charge in [-0.2, -0.15) is 0 Å². The van der Waals surface area contributed by atoms with Gasteiger partial charge in [-0.3, -0.25) is 14.8 Å². The number of hydrogen-bond donors (Lipinski definition) is 2. The maximum Gasteiger partial charge on any atom is 0.286 e. The summed E-state index contributed by atoms with van der Waals surface area (Å²) in [5, 5.41) is 12.6. The first kappa shape index (κ1) is 26.3. The molecule has 1 aliphatic heterocycles. The van der Waals surface area contributed by atoms with Gasteiger partial charge in [0.2, 0.25) is 0 Å². The largest absolute Gasteiger partial charge is 0.489 e. The summed E-state index contributed by atoms with van der Waals surface area (Å²) in [6.07, 6.45) is 0.887. The van der Waals surface area contributed by atoms with E-state index in [2.05, 4.69) is 5.43 Å². The molecule has 1 saturated heterocycles. The lowest BCUT2D eigenvalue weighted by molar-refractivity contribution is 0.0464. The van der Waals surface area contributed by atoms with Gasteiger partial charge in [-0.05, 0) is 67.8 Å². The number of ether oxygens (including phenoxy) is 1. The fourth-order valence-electron chi connectivity index (χ4n) is 4.49. The molecule has 0 atom stereocenters. The number of nitrogens with one attached hydrogen (secondary N) is 1. The Bertz CT molecular complexity index is 1420. The summed E-state index contributed by atoms with van der Waals surface area (Å²) in [6.45, 7) is 3.47. The highest BCUT2D eigenvalue weighted by Gasteiger charge is 2.25. The van der Waals surface area contributed by atoms with Crippen molar-refractivity contribution in [3.8, 4) is 22.8 Å². The van der Waals surface area contributed by atoms with Gasteiger partial charge in [0.1, 0.15) is 18.2 Å². The molecule has 196 valence electrons. The smallest absolute Gasteiger partial charge is 0.286 e. The zero-order chi connectivity index (χ0) is 26.6. The minimum Gasteiger partial charge on any atom is -0.489 e. The highest BCUT2D eigenvalue weighted by Crippen LogP contribution is 2.33. The molecule has 0 radical (unpaired) electrons. The van der Waals surface area contributed by atoms with Crippen LogP contribution in [0.1, 0.15) is 34.6 Å². The predicted octanol–water partition coefficient (Wildman–Crippen LogP) is 5.84. The Balaban J connectivity index is 1.46. The highest BCUT2D eigenvalue weighted by molar-refractivity contribution is 6.36. The van der Waals surface area contributed by atoms with Crippen LogP contribution in [0.25, 0.3) is 17.1 Å². The van der Waals surface area contributed by atoms with Gasteiger partial charge in [-0.1, -0.05) is 53.5 Å². The third kappa shape index (κ3) is 5.87. The van der Waals surface area contributed by atoms with E-state index in [1.807, 2.05) is 71.1 Å². The van der Waals surface area contributed by atoms with Crippen LogP contribution in [0.5, 0.6) is 5.75 Å². The molecule has 0 saturated carbocycles. The Labute approximate surface area is 231 Å². The average molecular weight is 551 g/mol. The van der Waals surface area contributed by atoms with Crippen LogP contribution in [-0.2, 0) is 6.61 Å². The lowest BCUT2D eigenvalue weighted by atomic mass is 10.1. The first-order valence-corrected chi connectivity index (χ1v) is 13.2. The summed E-state index contributed by atoms with van der Waals surface area (Å²) in [5.41, 5.74) is 6.45. The molecule has 5 rings (SSSR count). The second-order valence-corrected chi connectivity index (χ2v) is 10.1. The minimum atomic E-state index is -0.331. The Hall–Kier alpha value is -3.36. The van der Waals surface area contributed by atoms with Gasteiger partial charge in [0, 0.05) is 29.4 Å². The van der Waals surface area contributed by atoms with Crippen LogP contribution in [0.15, 0.2) is 72.8 Å². The van der Waals surface area contributed by atoms with Crippen LogP contribution in [-0.4, -0.2) is 44.8 Å². The topological polar surface area (TPSA) is 79.6 Å². The first-order valence-electron chi connectivity index (χ1n) is 12.4. The summed E-state index contributed by atoms with van der Waals surface area (Å²) in [5.74, 6) is 0.944. The predicted molar refractivity (Wildman–Crippen MR) is 149 cm³/mol. The van der Waals surface area contributed by atoms with Gasteiger partial charge in [0.15, 0.2) is 5.69 Å². The van der Waals surface area contributed by atoms with Gasteiger partial charge in [-0.15, -0.1) is 0 Å². The van der Waals surface area contributed by atoms with Crippen molar-refractivity contribution in [1.29, 1.82) is 0 Å². The van der Waals surface area contributed by atoms with E-state index in [0.717, 1.165) is 17.0 Å². The molecule has 1 amide bonds. The third-order valence-electron chi connectivity index (χ3n) is 6.56. The number of aliphatic hydroxyl groups is 1. The van der Waals surface area contributed by atoms with Crippen LogP contribution < -0.4 is 10.2 Å². The normalized spacial score (nSPS) is 14.4. The molecule has 1 aliphatic rings. The quantitative estimate of drug-likeness (QED) is 0.302. The number of carbonyl (C=O) groups excluding carboxylic acids is 1. The highest BCUT2D eigenvalue weighted by atomic mass is 35.5. The van der Waals surface area contributed by atoms with Crippen molar-refractivity contribution in [2.45, 2.75) is 32.5 Å². The minimum absolute atomic E-state index is 0.293. The van der Waals surface area contributed by atoms with Crippen LogP contribution in [0.3, 0.4) is 0 Å². The molecule has 9 heteroatoms. The first-order chi connectivity index (χ1) is 18.4. The molecular formula is C29H28Cl2N4O3. The standard InChI is InChI=1S/C29H28Cl2N4O3/c1-19-27(29(37)33-34-15-13-23(36)14-16-34)32-28(25-12-7-21(30)17-26(25)31)35(19)22-8-10-24(11-9-22)38-18-20-5-3-2-4-6-20/h2-12,17,23,36H,13-16,18H2,1H3,(H,33,37). The Kier molecular flexibility index (Phi) is 8.00. The van der Waals surface area contributed by atoms with E-state index in [9.17, 15) is 9.90 Å². The number of aromatic nitrogens is 2. The third-order valence-corrected chi connectivity index (χ3v) is 7.11. The number of aliphatic hydroxyl groups excluding tert-OH is 1. The molecule has 0 bridgehead atoms. The van der Waals surface area contributed by atoms with E-state index >= 15 is 0 Å². The monoisotopic (exact) mass is 550 g/mol. The summed E-state index contributed by atoms with van der Waals surface area (Å²) in [4.78, 5) is 18.0. The van der Waals surface area contributed by atoms with E-state index in [1.165, 1.54) is 0 Å². The van der Waals surface area contributed by atoms with Crippen molar-refractivity contribution in [2.24, 2.45) is 0 Å². The van der Waals surface area contributed by atoms with E-state index in [-0.39, 0.29) is 12.0 Å². The number of piperidine rings is 1. The lowest BCUT2D eigenvalue weighted by Crippen LogP contribution is -2.47. The van der Waals surface area contributed by atoms with Crippen molar-refractivity contribution in [2.75, 3.05) is 13.1 Å². The van der Waals surface area contributed by atoms with Gasteiger partial charge in [-0.25, -0.2) is 9.99 Å². The van der Waals surface area contributed by atoms with Gasteiger partial charge < -0.3 is 9.84 Å². The fourth-order valence-corrected chi connectivity index (χ4v) is 4.98. The lowest BCUT2D eigenvalue weighted by Gasteiger charge is -2.29. The van der Waals surface area contributed by atoms with Crippen LogP contribution >= 0.6 is 23.2 Å². The molecule has 3 aromatic carbocycles. The summed E-state index contributed by atoms with van der Waals surface area (Å²) >= 11 is 12.7. The second-order valence-electron chi connectivity index (χ2n) is 9.26. The van der Waals surface area contributed by atoms with Crippen molar-refractivity contribution in [3.63, 3.8) is 0 Å². The maximum absolute atomic E-state index is 13.3. The summed E-state index contributed by atoms with van der Waals surface area (Å²) in [6, 6.07) is 22.8. The van der Waals surface area contributed by atoms with Crippen LogP contribution in [0.4, 0.5) is 0 Å². The molecule has 0 unspecified atom stereocenters. The van der Waals surface area contributed by atoms with Crippen molar-refractivity contribution >= 4 is 29.1 Å². The molecule has 2 N–H and O–H groups in total. The molecule has 7 nitrogen and oxygen atoms in total. The number of amides is 1. The maximum atomic E-state index is 13.3. The van der Waals surface area contributed by atoms with E-state index < -0.39 is 0 Å². The fraction of sp³-hybridized carbons (Fsp3) is 0.241. The van der Waals surface area contributed by atoms with Crippen LogP contribution in [0, 0.1) is 6.92 Å². The number of halogens is 2.